The predicted molar refractivity (Wildman–Crippen MR) is 164 cm³/mol. The van der Waals surface area contributed by atoms with Gasteiger partial charge in [0.2, 0.25) is 0 Å². The van der Waals surface area contributed by atoms with Crippen molar-refractivity contribution in [3.8, 4) is 0 Å². The summed E-state index contributed by atoms with van der Waals surface area (Å²) in [5.41, 5.74) is 4.25. The molecule has 4 heterocycles. The second-order valence-electron chi connectivity index (χ2n) is 9.22. The lowest BCUT2D eigenvalue weighted by molar-refractivity contribution is -0.627. The number of thioether (sulfide) groups is 1. The van der Waals surface area contributed by atoms with Crippen molar-refractivity contribution in [2.45, 2.75) is 20.4 Å². The maximum absolute atomic E-state index is 13.5. The third kappa shape index (κ3) is 4.73. The molecule has 4 aromatic rings. The van der Waals surface area contributed by atoms with E-state index in [1.165, 1.54) is 33.4 Å². The van der Waals surface area contributed by atoms with Crippen molar-refractivity contribution >= 4 is 71.4 Å². The molecular weight excluding hydrogens is 547 g/mol. The molecule has 2 aromatic carbocycles. The molecular formula is C29H28N5O2S3+. The summed E-state index contributed by atoms with van der Waals surface area (Å²) in [6.45, 7) is 4.94. The van der Waals surface area contributed by atoms with E-state index in [1.54, 1.807) is 15.9 Å². The number of ether oxygens (including phenoxy) is 1. The SMILES string of the molecule is CCn1c(=O)/c(=C2\C=CC=CN2C)s/c1=C1/OCN(c2ccccc2)C(=Nc2sc3cc(C)ccc3[n+]2C)S1. The maximum atomic E-state index is 13.5. The van der Waals surface area contributed by atoms with E-state index in [0.717, 1.165) is 31.9 Å². The fraction of sp³-hybridized carbons (Fsp3) is 0.207. The smallest absolute Gasteiger partial charge is 0.385 e. The second-order valence-corrected chi connectivity index (χ2v) is 12.2. The average Bonchev–Trinajstić information content (AvgIpc) is 3.44. The van der Waals surface area contributed by atoms with E-state index < -0.39 is 0 Å². The van der Waals surface area contributed by atoms with Crippen molar-refractivity contribution in [1.82, 2.24) is 9.47 Å². The summed E-state index contributed by atoms with van der Waals surface area (Å²) in [4.78, 5) is 22.7. The third-order valence-electron chi connectivity index (χ3n) is 6.63. The van der Waals surface area contributed by atoms with Crippen LogP contribution in [0.3, 0.4) is 0 Å². The zero-order valence-electron chi connectivity index (χ0n) is 22.1. The highest BCUT2D eigenvalue weighted by Gasteiger charge is 2.31. The van der Waals surface area contributed by atoms with E-state index >= 15 is 0 Å². The Hall–Kier alpha value is -3.60. The molecule has 10 heteroatoms. The quantitative estimate of drug-likeness (QED) is 0.340. The molecule has 0 spiro atoms. The van der Waals surface area contributed by atoms with Crippen molar-refractivity contribution in [2.24, 2.45) is 12.0 Å². The number of thiazole rings is 2. The average molecular weight is 575 g/mol. The number of aliphatic imine (C=N–C) groups is 1. The molecule has 2 aliphatic rings. The highest BCUT2D eigenvalue weighted by molar-refractivity contribution is 8.21. The van der Waals surface area contributed by atoms with E-state index in [0.29, 0.717) is 22.9 Å². The number of fused-ring (bicyclic) bond motifs is 1. The van der Waals surface area contributed by atoms with E-state index in [-0.39, 0.29) is 5.56 Å². The number of aryl methyl sites for hydroxylation is 2. The van der Waals surface area contributed by atoms with E-state index in [2.05, 4.69) is 53.8 Å². The molecule has 0 aliphatic carbocycles. The number of likely N-dealkylation sites (N-methyl/N-ethyl adjacent to an activating group) is 1. The van der Waals surface area contributed by atoms with Gasteiger partial charge in [0.25, 0.3) is 10.7 Å². The minimum atomic E-state index is -0.00810. The summed E-state index contributed by atoms with van der Waals surface area (Å²) in [6, 6.07) is 16.6. The molecule has 0 amide bonds. The van der Waals surface area contributed by atoms with Crippen LogP contribution in [0.4, 0.5) is 10.8 Å². The largest absolute Gasteiger partial charge is 0.463 e. The van der Waals surface area contributed by atoms with Gasteiger partial charge in [0.15, 0.2) is 11.8 Å². The molecule has 6 rings (SSSR count). The Bertz CT molecular complexity index is 1850. The van der Waals surface area contributed by atoms with Gasteiger partial charge in [-0.05, 0) is 72.2 Å². The first-order valence-corrected chi connectivity index (χ1v) is 15.1. The zero-order valence-corrected chi connectivity index (χ0v) is 24.6. The number of hydrogen-bond acceptors (Lipinski definition) is 7. The Labute approximate surface area is 238 Å². The summed E-state index contributed by atoms with van der Waals surface area (Å²) in [6.07, 6.45) is 7.85. The van der Waals surface area contributed by atoms with Gasteiger partial charge in [-0.25, -0.2) is 4.57 Å². The molecule has 39 heavy (non-hydrogen) atoms. The van der Waals surface area contributed by atoms with Crippen molar-refractivity contribution in [1.29, 1.82) is 0 Å². The molecule has 1 saturated heterocycles. The van der Waals surface area contributed by atoms with Gasteiger partial charge in [0.1, 0.15) is 14.7 Å². The summed E-state index contributed by atoms with van der Waals surface area (Å²) in [5, 5.41) is 2.39. The Morgan fingerprint density at radius 3 is 2.69 bits per heavy atom. The van der Waals surface area contributed by atoms with Gasteiger partial charge >= 0.3 is 5.13 Å². The van der Waals surface area contributed by atoms with Gasteiger partial charge in [-0.3, -0.25) is 14.3 Å². The van der Waals surface area contributed by atoms with Crippen LogP contribution in [0.15, 0.2) is 82.7 Å². The molecule has 2 aromatic heterocycles. The molecule has 0 radical (unpaired) electrons. The molecule has 7 nitrogen and oxygen atoms in total. The fourth-order valence-corrected chi connectivity index (χ4v) is 8.00. The maximum Gasteiger partial charge on any atom is 0.385 e. The summed E-state index contributed by atoms with van der Waals surface area (Å²) >= 11 is 4.60. The van der Waals surface area contributed by atoms with Crippen LogP contribution in [-0.4, -0.2) is 28.4 Å². The highest BCUT2D eigenvalue weighted by atomic mass is 32.2. The monoisotopic (exact) mass is 574 g/mol. The zero-order chi connectivity index (χ0) is 27.1. The molecule has 0 N–H and O–H groups in total. The van der Waals surface area contributed by atoms with Crippen molar-refractivity contribution < 1.29 is 9.30 Å². The van der Waals surface area contributed by atoms with Crippen molar-refractivity contribution in [3.05, 3.63) is 98.1 Å². The number of para-hydroxylation sites is 1. The number of hydrogen-bond donors (Lipinski definition) is 0. The molecule has 198 valence electrons. The lowest BCUT2D eigenvalue weighted by atomic mass is 10.2. The van der Waals surface area contributed by atoms with E-state index in [9.17, 15) is 4.79 Å². The lowest BCUT2D eigenvalue weighted by Gasteiger charge is -2.27. The molecule has 1 fully saturated rings. The number of aromatic nitrogens is 2. The van der Waals surface area contributed by atoms with Gasteiger partial charge in [-0.1, -0.05) is 30.3 Å². The molecule has 2 aliphatic heterocycles. The summed E-state index contributed by atoms with van der Waals surface area (Å²) in [7, 11) is 4.01. The van der Waals surface area contributed by atoms with Crippen molar-refractivity contribution in [3.63, 3.8) is 0 Å². The van der Waals surface area contributed by atoms with Gasteiger partial charge in [0.05, 0.1) is 17.4 Å². The number of allylic oxidation sites excluding steroid dienone is 2. The minimum absolute atomic E-state index is 0.00810. The van der Waals surface area contributed by atoms with Gasteiger partial charge in [0, 0.05) is 37.2 Å². The Kier molecular flexibility index (Phi) is 6.92. The van der Waals surface area contributed by atoms with Crippen LogP contribution in [0.1, 0.15) is 12.5 Å². The molecule has 0 unspecified atom stereocenters. The van der Waals surface area contributed by atoms with E-state index in [1.807, 2.05) is 61.5 Å². The number of nitrogens with zero attached hydrogens (tertiary/aromatic N) is 5. The van der Waals surface area contributed by atoms with Crippen LogP contribution in [-0.2, 0) is 18.3 Å². The third-order valence-corrected chi connectivity index (χ3v) is 10.0. The van der Waals surface area contributed by atoms with Crippen LogP contribution in [0.5, 0.6) is 0 Å². The van der Waals surface area contributed by atoms with E-state index in [4.69, 9.17) is 9.73 Å². The van der Waals surface area contributed by atoms with Gasteiger partial charge in [-0.2, -0.15) is 0 Å². The summed E-state index contributed by atoms with van der Waals surface area (Å²) in [5.74, 6) is 0. The van der Waals surface area contributed by atoms with Gasteiger partial charge < -0.3 is 9.64 Å². The van der Waals surface area contributed by atoms with Crippen LogP contribution in [0, 0.1) is 6.92 Å². The Morgan fingerprint density at radius 1 is 1.10 bits per heavy atom. The van der Waals surface area contributed by atoms with Crippen LogP contribution < -0.4 is 24.2 Å². The number of anilines is 1. The van der Waals surface area contributed by atoms with Crippen LogP contribution in [0.25, 0.3) is 21.0 Å². The Balaban J connectivity index is 1.52. The van der Waals surface area contributed by atoms with Crippen molar-refractivity contribution in [2.75, 3.05) is 18.7 Å². The number of benzene rings is 2. The minimum Gasteiger partial charge on any atom is -0.463 e. The first kappa shape index (κ1) is 25.7. The topological polar surface area (TPSA) is 54.0 Å². The standard InChI is InChI=1S/C29H28N5O2S3/c1-5-33-25(35)24(22-13-9-10-16-31(22)3)38-26(33)27-36-18-34(20-11-7-6-8-12-20)29(39-27)30-28-32(4)21-15-14-19(2)17-23(21)37-28/h6-17H,5,18H2,1-4H3/q+1/b24-22-,27-26-. The van der Waals surface area contributed by atoms with Crippen LogP contribution >= 0.6 is 34.4 Å². The van der Waals surface area contributed by atoms with Gasteiger partial charge in [-0.15, -0.1) is 11.3 Å². The Morgan fingerprint density at radius 2 is 1.92 bits per heavy atom. The fourth-order valence-electron chi connectivity index (χ4n) is 4.53. The van der Waals surface area contributed by atoms with Crippen LogP contribution in [0.2, 0.25) is 0 Å². The summed E-state index contributed by atoms with van der Waals surface area (Å²) < 4.78 is 13.0. The first-order valence-electron chi connectivity index (χ1n) is 12.6. The molecule has 0 bridgehead atoms. The predicted octanol–water partition coefficient (Wildman–Crippen LogP) is 4.38. The molecule has 0 saturated carbocycles. The lowest BCUT2D eigenvalue weighted by Crippen LogP contribution is -2.38. The number of amidine groups is 1. The number of rotatable bonds is 3. The molecule has 0 atom stereocenters. The normalized spacial score (nSPS) is 19.3. The first-order chi connectivity index (χ1) is 18.9. The highest BCUT2D eigenvalue weighted by Crippen LogP contribution is 2.34. The second kappa shape index (κ2) is 10.5.